The molecule has 1 saturated carbocycles. The second kappa shape index (κ2) is 18.5. The van der Waals surface area contributed by atoms with Crippen molar-refractivity contribution in [3.05, 3.63) is 72.5 Å². The number of anilines is 1. The monoisotopic (exact) mass is 882 g/mol. The summed E-state index contributed by atoms with van der Waals surface area (Å²) in [5, 5.41) is 26.3. The number of thioether (sulfide) groups is 2. The summed E-state index contributed by atoms with van der Waals surface area (Å²) in [7, 11) is 0. The number of rotatable bonds is 12. The van der Waals surface area contributed by atoms with Gasteiger partial charge >= 0.3 is 71.1 Å². The number of aromatic carboxylic acids is 1. The Morgan fingerprint density at radius 1 is 1.12 bits per heavy atom. The number of hydrogen-bond donors (Lipinski definition) is 5. The first-order chi connectivity index (χ1) is 25.7. The molecule has 1 aromatic carbocycles. The number of nitrogens with one attached hydrogen (secondary N) is 2. The minimum atomic E-state index is -1.41. The van der Waals surface area contributed by atoms with Crippen LogP contribution in [0.1, 0.15) is 43.4 Å². The topological polar surface area (TPSA) is 204 Å². The standard InChI is InChI=1S/C34H32ClFN6O8S4.2Na.2H/c35-23-26-17(29(45)18(32(47)48)11-41(26)15-3-4-15)9-20(36)28(23)40-6-5-14(10-40)38-22(44)13-54-34(51)24(37)19-12-53-31-25(30(46)42(31)27(19)33(49)50)39-21(43)8-16-2-1-7-52-16;;;;/h1-2,7,9,11,14-15,24-25,31H,3-6,8,10,12-13,37H2,(H,38,44)(H,39,43)(H,47,48)(H,49,50);;;;/q;2*+1;2*-1. The average molecular weight is 883 g/mol. The van der Waals surface area contributed by atoms with E-state index in [9.17, 15) is 39.0 Å². The number of pyridine rings is 1. The number of benzene rings is 1. The molecule has 6 N–H and O–H groups in total. The number of aliphatic carboxylic acids is 1. The van der Waals surface area contributed by atoms with Crippen LogP contribution in [0.15, 0.2) is 45.8 Å². The number of halogens is 2. The molecule has 4 unspecified atom stereocenters. The van der Waals surface area contributed by atoms with Gasteiger partial charge in [0.1, 0.15) is 28.5 Å². The van der Waals surface area contributed by atoms with Crippen molar-refractivity contribution in [1.29, 1.82) is 0 Å². The zero-order chi connectivity index (χ0) is 38.6. The molecule has 4 atom stereocenters. The molecule has 3 aromatic rings. The fourth-order valence-corrected chi connectivity index (χ4v) is 10.4. The van der Waals surface area contributed by atoms with E-state index in [0.717, 1.165) is 40.4 Å². The quantitative estimate of drug-likeness (QED) is 0.0710. The third-order valence-corrected chi connectivity index (χ3v) is 13.7. The number of carboxylic acids is 2. The molecule has 2 aromatic heterocycles. The molecule has 14 nitrogen and oxygen atoms in total. The maximum atomic E-state index is 15.6. The molecule has 2 saturated heterocycles. The predicted molar refractivity (Wildman–Crippen MR) is 210 cm³/mol. The summed E-state index contributed by atoms with van der Waals surface area (Å²) >= 11 is 15.9. The summed E-state index contributed by atoms with van der Waals surface area (Å²) in [6, 6.07) is 2.26. The van der Waals surface area contributed by atoms with Crippen LogP contribution >= 0.6 is 58.7 Å². The molecule has 22 heteroatoms. The number of amides is 3. The van der Waals surface area contributed by atoms with E-state index in [1.165, 1.54) is 29.3 Å². The molecular formula is C34H34ClFN6Na2O8S4. The van der Waals surface area contributed by atoms with Gasteiger partial charge in [-0.15, -0.1) is 34.9 Å². The van der Waals surface area contributed by atoms with E-state index in [-0.39, 0.29) is 141 Å². The molecule has 1 aliphatic carbocycles. The fourth-order valence-electron chi connectivity index (χ4n) is 6.91. The summed E-state index contributed by atoms with van der Waals surface area (Å²) in [5.41, 5.74) is 5.40. The van der Waals surface area contributed by atoms with Gasteiger partial charge in [-0.2, -0.15) is 0 Å². The molecule has 56 heavy (non-hydrogen) atoms. The van der Waals surface area contributed by atoms with Crippen LogP contribution in [0.2, 0.25) is 5.02 Å². The van der Waals surface area contributed by atoms with Crippen molar-refractivity contribution in [2.75, 3.05) is 29.5 Å². The molecule has 3 aliphatic heterocycles. The number of carboxylic acid groups (broad SMARTS) is 2. The Morgan fingerprint density at radius 2 is 1.86 bits per heavy atom. The molecule has 3 amide bonds. The number of hydrogen-bond acceptors (Lipinski definition) is 12. The van der Waals surface area contributed by atoms with Gasteiger partial charge in [0.05, 0.1) is 44.0 Å². The molecule has 4 aliphatic rings. The van der Waals surface area contributed by atoms with E-state index < -0.39 is 58.2 Å². The predicted octanol–water partition coefficient (Wildman–Crippen LogP) is -2.81. The van der Waals surface area contributed by atoms with Crippen LogP contribution in [0.3, 0.4) is 0 Å². The van der Waals surface area contributed by atoms with Crippen molar-refractivity contribution >= 4 is 109 Å². The third kappa shape index (κ3) is 8.94. The molecule has 3 fully saturated rings. The Kier molecular flexibility index (Phi) is 14.9. The first-order valence-corrected chi connectivity index (χ1v) is 20.4. The molecule has 7 rings (SSSR count). The number of thiocarbonyl (C=S) groups is 1. The van der Waals surface area contributed by atoms with Crippen molar-refractivity contribution in [2.45, 2.75) is 55.2 Å². The van der Waals surface area contributed by atoms with Crippen LogP contribution in [0.25, 0.3) is 10.9 Å². The molecular weight excluding hydrogens is 849 g/mol. The zero-order valence-corrected chi connectivity index (χ0v) is 38.1. The first-order valence-electron chi connectivity index (χ1n) is 16.7. The van der Waals surface area contributed by atoms with Crippen molar-refractivity contribution in [2.24, 2.45) is 5.73 Å². The van der Waals surface area contributed by atoms with Gasteiger partial charge in [-0.3, -0.25) is 24.1 Å². The summed E-state index contributed by atoms with van der Waals surface area (Å²) in [6.07, 6.45) is 3.34. The first kappa shape index (κ1) is 45.1. The van der Waals surface area contributed by atoms with Gasteiger partial charge in [0.2, 0.25) is 17.2 Å². The van der Waals surface area contributed by atoms with Gasteiger partial charge in [-0.1, -0.05) is 29.9 Å². The second-order valence-electron chi connectivity index (χ2n) is 13.2. The fraction of sp³-hybridized carbons (Fsp3) is 0.382. The van der Waals surface area contributed by atoms with Crippen molar-refractivity contribution in [1.82, 2.24) is 20.1 Å². The maximum absolute atomic E-state index is 15.6. The van der Waals surface area contributed by atoms with Crippen molar-refractivity contribution < 1.29 is 101 Å². The zero-order valence-electron chi connectivity index (χ0n) is 32.1. The summed E-state index contributed by atoms with van der Waals surface area (Å²) in [6.45, 7) is 0.541. The number of carbonyl (C=O) groups is 5. The van der Waals surface area contributed by atoms with E-state index in [1.54, 1.807) is 9.47 Å². The number of carbonyl (C=O) groups excluding carboxylic acids is 3. The largest absolute Gasteiger partial charge is 1.00 e. The Bertz CT molecular complexity index is 2240. The number of β-lactam (4-membered cyclic amide) rings is 1. The SMILES string of the molecule is NC(C(=S)SCC(=O)NC1CCN(c2c(F)cc3c(=O)c(C(=O)O)cn(C4CC4)c3c2Cl)C1)C1=C(C(=O)O)N2C(=O)C(NC(=O)Cc3cccs3)C2SC1.[H-].[H-].[Na+].[Na+]. The summed E-state index contributed by atoms with van der Waals surface area (Å²) < 4.78 is 17.4. The normalized spacial score (nSPS) is 20.7. The average Bonchev–Trinajstić information content (AvgIpc) is 3.66. The van der Waals surface area contributed by atoms with Crippen LogP contribution < -0.4 is 85.8 Å². The van der Waals surface area contributed by atoms with Crippen LogP contribution in [0.4, 0.5) is 10.1 Å². The van der Waals surface area contributed by atoms with E-state index in [4.69, 9.17) is 29.6 Å². The number of nitrogens with two attached hydrogens (primary N) is 1. The van der Waals surface area contributed by atoms with Crippen molar-refractivity contribution in [3.63, 3.8) is 0 Å². The Balaban J connectivity index is 0.00000225. The van der Waals surface area contributed by atoms with Gasteiger partial charge in [0.15, 0.2) is 0 Å². The summed E-state index contributed by atoms with van der Waals surface area (Å²) in [5.74, 6) is -4.84. The molecule has 288 valence electrons. The van der Waals surface area contributed by atoms with Crippen molar-refractivity contribution in [3.8, 4) is 0 Å². The Morgan fingerprint density at radius 3 is 2.50 bits per heavy atom. The summed E-state index contributed by atoms with van der Waals surface area (Å²) in [4.78, 5) is 79.3. The number of thiophene rings is 1. The third-order valence-electron chi connectivity index (χ3n) is 9.63. The number of fused-ring (bicyclic) bond motifs is 2. The molecule has 5 heterocycles. The Labute approximate surface area is 389 Å². The minimum Gasteiger partial charge on any atom is -1.00 e. The van der Waals surface area contributed by atoms with Crippen LogP contribution in [-0.4, -0.2) is 102 Å². The molecule has 0 spiro atoms. The maximum Gasteiger partial charge on any atom is 1.00 e. The van der Waals surface area contributed by atoms with Gasteiger partial charge < -0.3 is 38.9 Å². The van der Waals surface area contributed by atoms with Gasteiger partial charge in [-0.25, -0.2) is 14.0 Å². The second-order valence-corrected chi connectivity index (χ2v) is 17.4. The van der Waals surface area contributed by atoms with E-state index >= 15 is 4.39 Å². The van der Waals surface area contributed by atoms with E-state index in [1.807, 2.05) is 17.5 Å². The number of aromatic nitrogens is 1. The van der Waals surface area contributed by atoms with Crippen LogP contribution in [0, 0.1) is 5.82 Å². The number of nitrogens with zero attached hydrogens (tertiary/aromatic N) is 3. The van der Waals surface area contributed by atoms with Crippen LogP contribution in [-0.2, 0) is 25.6 Å². The Hall–Kier alpha value is -2.01. The molecule has 0 radical (unpaired) electrons. The van der Waals surface area contributed by atoms with E-state index in [0.29, 0.717) is 13.0 Å². The van der Waals surface area contributed by atoms with E-state index in [2.05, 4.69) is 10.6 Å². The van der Waals surface area contributed by atoms with Gasteiger partial charge in [-0.05, 0) is 42.3 Å². The van der Waals surface area contributed by atoms with Gasteiger partial charge in [0.25, 0.3) is 5.91 Å². The molecule has 0 bridgehead atoms. The van der Waals surface area contributed by atoms with Crippen LogP contribution in [0.5, 0.6) is 0 Å². The minimum absolute atomic E-state index is 0. The van der Waals surface area contributed by atoms with Gasteiger partial charge in [0, 0.05) is 42.0 Å². The smallest absolute Gasteiger partial charge is 1.00 e.